The zero-order valence-corrected chi connectivity index (χ0v) is 23.0. The lowest BCUT2D eigenvalue weighted by Gasteiger charge is -2.33. The normalized spacial score (nSPS) is 12.6. The number of amides is 2. The van der Waals surface area contributed by atoms with E-state index in [0.717, 1.165) is 10.6 Å². The molecule has 192 valence electrons. The van der Waals surface area contributed by atoms with E-state index in [4.69, 9.17) is 27.9 Å². The summed E-state index contributed by atoms with van der Waals surface area (Å²) in [5, 5.41) is 3.27. The molecule has 0 unspecified atom stereocenters. The lowest BCUT2D eigenvalue weighted by molar-refractivity contribution is -0.140. The van der Waals surface area contributed by atoms with Crippen LogP contribution < -0.4 is 14.4 Å². The number of hydrogen-bond donors (Lipinski definition) is 1. The number of methoxy groups -OCH3 is 1. The number of sulfonamides is 1. The van der Waals surface area contributed by atoms with Crippen molar-refractivity contribution < 1.29 is 22.7 Å². The van der Waals surface area contributed by atoms with Crippen molar-refractivity contribution in [2.75, 3.05) is 24.2 Å². The number of hydrogen-bond acceptors (Lipinski definition) is 5. The number of nitrogens with one attached hydrogen (secondary N) is 1. The molecule has 11 heteroatoms. The van der Waals surface area contributed by atoms with Gasteiger partial charge in [0, 0.05) is 12.1 Å². The molecule has 0 aliphatic heterocycles. The molecule has 0 radical (unpaired) electrons. The van der Waals surface area contributed by atoms with Crippen LogP contribution in [0.4, 0.5) is 5.69 Å². The van der Waals surface area contributed by atoms with E-state index in [9.17, 15) is 18.0 Å². The van der Waals surface area contributed by atoms with Gasteiger partial charge in [0.05, 0.1) is 29.1 Å². The third-order valence-corrected chi connectivity index (χ3v) is 6.90. The number of ether oxygens (including phenoxy) is 1. The molecule has 1 N–H and O–H groups in total. The molecule has 0 heterocycles. The smallest absolute Gasteiger partial charge is 0.244 e. The molecule has 35 heavy (non-hydrogen) atoms. The Morgan fingerprint density at radius 2 is 1.74 bits per heavy atom. The Labute approximate surface area is 217 Å². The van der Waals surface area contributed by atoms with Gasteiger partial charge in [0.1, 0.15) is 18.3 Å². The summed E-state index contributed by atoms with van der Waals surface area (Å²) in [4.78, 5) is 27.8. The van der Waals surface area contributed by atoms with Crippen LogP contribution >= 0.6 is 23.2 Å². The molecule has 1 atom stereocenters. The Hall–Kier alpha value is -2.49. The van der Waals surface area contributed by atoms with Gasteiger partial charge in [-0.2, -0.15) is 0 Å². The second-order valence-electron chi connectivity index (χ2n) is 9.16. The van der Waals surface area contributed by atoms with E-state index in [1.807, 2.05) is 20.8 Å². The summed E-state index contributed by atoms with van der Waals surface area (Å²) in [6.45, 7) is 6.63. The van der Waals surface area contributed by atoms with E-state index >= 15 is 0 Å². The molecule has 0 bridgehead atoms. The monoisotopic (exact) mass is 543 g/mol. The molecule has 0 saturated carbocycles. The van der Waals surface area contributed by atoms with Crippen LogP contribution in [0.15, 0.2) is 42.5 Å². The fourth-order valence-electron chi connectivity index (χ4n) is 3.28. The van der Waals surface area contributed by atoms with E-state index in [-0.39, 0.29) is 28.2 Å². The zero-order valence-electron chi connectivity index (χ0n) is 20.6. The molecular formula is C24H31Cl2N3O5S. The third kappa shape index (κ3) is 8.30. The second kappa shape index (κ2) is 11.5. The number of benzene rings is 2. The van der Waals surface area contributed by atoms with E-state index in [0.29, 0.717) is 11.3 Å². The van der Waals surface area contributed by atoms with Gasteiger partial charge in [-0.15, -0.1) is 0 Å². The number of carbonyl (C=O) groups is 2. The average Bonchev–Trinajstić information content (AvgIpc) is 2.75. The molecular weight excluding hydrogens is 513 g/mol. The molecule has 0 fully saturated rings. The van der Waals surface area contributed by atoms with Crippen molar-refractivity contribution in [1.82, 2.24) is 10.2 Å². The summed E-state index contributed by atoms with van der Waals surface area (Å²) >= 11 is 12.1. The second-order valence-corrected chi connectivity index (χ2v) is 11.9. The maximum Gasteiger partial charge on any atom is 0.244 e. The number of carbonyl (C=O) groups excluding carboxylic acids is 2. The summed E-state index contributed by atoms with van der Waals surface area (Å²) in [6.07, 6.45) is 0.991. The van der Waals surface area contributed by atoms with Crippen LogP contribution in [0.25, 0.3) is 0 Å². The van der Waals surface area contributed by atoms with Crippen molar-refractivity contribution >= 4 is 50.7 Å². The van der Waals surface area contributed by atoms with E-state index in [1.165, 1.54) is 30.2 Å². The summed E-state index contributed by atoms with van der Waals surface area (Å²) in [5.74, 6) is -0.342. The maximum atomic E-state index is 13.5. The van der Waals surface area contributed by atoms with Crippen LogP contribution in [0.1, 0.15) is 33.3 Å². The largest absolute Gasteiger partial charge is 0.497 e. The number of nitrogens with zero attached hydrogens (tertiary/aromatic N) is 2. The molecule has 2 amide bonds. The Bertz CT molecular complexity index is 1180. The molecule has 2 rings (SSSR count). The molecule has 0 saturated heterocycles. The number of halogens is 2. The van der Waals surface area contributed by atoms with Crippen molar-refractivity contribution in [2.45, 2.75) is 45.8 Å². The highest BCUT2D eigenvalue weighted by atomic mass is 35.5. The zero-order chi connectivity index (χ0) is 26.6. The van der Waals surface area contributed by atoms with Crippen molar-refractivity contribution in [3.63, 3.8) is 0 Å². The Kier molecular flexibility index (Phi) is 9.44. The van der Waals surface area contributed by atoms with Crippen LogP contribution in [-0.2, 0) is 26.2 Å². The minimum absolute atomic E-state index is 0.0632. The lowest BCUT2D eigenvalue weighted by atomic mass is 10.1. The van der Waals surface area contributed by atoms with Crippen molar-refractivity contribution in [3.05, 3.63) is 58.1 Å². The number of anilines is 1. The van der Waals surface area contributed by atoms with Gasteiger partial charge in [0.15, 0.2) is 0 Å². The third-order valence-electron chi connectivity index (χ3n) is 5.02. The first-order chi connectivity index (χ1) is 16.1. The maximum absolute atomic E-state index is 13.5. The highest BCUT2D eigenvalue weighted by Crippen LogP contribution is 2.28. The fourth-order valence-corrected chi connectivity index (χ4v) is 4.41. The summed E-state index contributed by atoms with van der Waals surface area (Å²) in [5.41, 5.74) is 0.381. The van der Waals surface area contributed by atoms with E-state index in [2.05, 4.69) is 5.32 Å². The minimum atomic E-state index is -3.87. The molecule has 0 aliphatic carbocycles. The summed E-state index contributed by atoms with van der Waals surface area (Å²) < 4.78 is 31.4. The Balaban J connectivity index is 2.44. The summed E-state index contributed by atoms with van der Waals surface area (Å²) in [6, 6.07) is 10.5. The lowest BCUT2D eigenvalue weighted by Crippen LogP contribution is -2.54. The highest BCUT2D eigenvalue weighted by Gasteiger charge is 2.31. The predicted molar refractivity (Wildman–Crippen MR) is 140 cm³/mol. The first-order valence-corrected chi connectivity index (χ1v) is 13.4. The molecule has 2 aromatic rings. The molecule has 0 spiro atoms. The summed E-state index contributed by atoms with van der Waals surface area (Å²) in [7, 11) is -2.34. The standard InChI is InChI=1S/C24H31Cl2N3O5S/c1-16(23(31)27-24(2,3)4)28(14-17-8-7-9-19(12-17)34-5)22(30)15-29(35(6,32)33)18-10-11-20(25)21(26)13-18/h7-13,16H,14-15H2,1-6H3,(H,27,31)/t16-/m0/s1. The first-order valence-electron chi connectivity index (χ1n) is 10.8. The minimum Gasteiger partial charge on any atom is -0.497 e. The Morgan fingerprint density at radius 3 is 2.29 bits per heavy atom. The first kappa shape index (κ1) is 28.7. The van der Waals surface area contributed by atoms with Gasteiger partial charge in [0.25, 0.3) is 0 Å². The molecule has 0 aliphatic rings. The van der Waals surface area contributed by atoms with Crippen molar-refractivity contribution in [1.29, 1.82) is 0 Å². The van der Waals surface area contributed by atoms with Crippen LogP contribution in [0, 0.1) is 0 Å². The quantitative estimate of drug-likeness (QED) is 0.513. The van der Waals surface area contributed by atoms with Crippen LogP contribution in [0.2, 0.25) is 10.0 Å². The van der Waals surface area contributed by atoms with Gasteiger partial charge in [-0.1, -0.05) is 35.3 Å². The fraction of sp³-hybridized carbons (Fsp3) is 0.417. The van der Waals surface area contributed by atoms with Gasteiger partial charge in [0.2, 0.25) is 21.8 Å². The van der Waals surface area contributed by atoms with Gasteiger partial charge >= 0.3 is 0 Å². The van der Waals surface area contributed by atoms with Crippen molar-refractivity contribution in [2.24, 2.45) is 0 Å². The average molecular weight is 545 g/mol. The van der Waals surface area contributed by atoms with E-state index in [1.54, 1.807) is 31.2 Å². The molecule has 8 nitrogen and oxygen atoms in total. The SMILES string of the molecule is COc1cccc(CN(C(=O)CN(c2ccc(Cl)c(Cl)c2)S(C)(=O)=O)[C@@H](C)C(=O)NC(C)(C)C)c1. The van der Waals surface area contributed by atoms with Crippen LogP contribution in [0.3, 0.4) is 0 Å². The predicted octanol–water partition coefficient (Wildman–Crippen LogP) is 4.10. The molecule has 2 aromatic carbocycles. The van der Waals surface area contributed by atoms with Crippen molar-refractivity contribution in [3.8, 4) is 5.75 Å². The molecule has 0 aromatic heterocycles. The van der Waals surface area contributed by atoms with Gasteiger partial charge in [-0.25, -0.2) is 8.42 Å². The van der Waals surface area contributed by atoms with Gasteiger partial charge in [-0.05, 0) is 63.6 Å². The Morgan fingerprint density at radius 1 is 1.09 bits per heavy atom. The van der Waals surface area contributed by atoms with Crippen LogP contribution in [-0.4, -0.2) is 56.6 Å². The van der Waals surface area contributed by atoms with Gasteiger partial charge in [-0.3, -0.25) is 13.9 Å². The highest BCUT2D eigenvalue weighted by molar-refractivity contribution is 7.92. The van der Waals surface area contributed by atoms with E-state index < -0.39 is 34.1 Å². The van der Waals surface area contributed by atoms with Gasteiger partial charge < -0.3 is 15.0 Å². The topological polar surface area (TPSA) is 96.0 Å². The van der Waals surface area contributed by atoms with Crippen LogP contribution in [0.5, 0.6) is 5.75 Å². The number of rotatable bonds is 9.